The van der Waals surface area contributed by atoms with Gasteiger partial charge in [0.15, 0.2) is 0 Å². The molecule has 2 rings (SSSR count). The minimum Gasteiger partial charge on any atom is -0.388 e. The van der Waals surface area contributed by atoms with E-state index in [-0.39, 0.29) is 5.41 Å². The Morgan fingerprint density at radius 1 is 1.15 bits per heavy atom. The molecule has 106 valence electrons. The molecule has 0 fully saturated rings. The van der Waals surface area contributed by atoms with E-state index >= 15 is 0 Å². The summed E-state index contributed by atoms with van der Waals surface area (Å²) in [4.78, 5) is 4.04. The lowest BCUT2D eigenvalue weighted by Crippen LogP contribution is -2.11. The van der Waals surface area contributed by atoms with Gasteiger partial charge < -0.3 is 10.8 Å². The fourth-order valence-corrected chi connectivity index (χ4v) is 2.15. The van der Waals surface area contributed by atoms with Crippen LogP contribution in [-0.2, 0) is 11.8 Å². The minimum atomic E-state index is -0.560. The van der Waals surface area contributed by atoms with Crippen LogP contribution in [0.4, 0.5) is 5.82 Å². The maximum absolute atomic E-state index is 10.3. The summed E-state index contributed by atoms with van der Waals surface area (Å²) in [5.41, 5.74) is 8.97. The van der Waals surface area contributed by atoms with E-state index in [4.69, 9.17) is 5.73 Å². The molecule has 1 aromatic heterocycles. The highest BCUT2D eigenvalue weighted by molar-refractivity contribution is 5.39. The molecule has 1 heterocycles. The minimum absolute atomic E-state index is 0.122. The van der Waals surface area contributed by atoms with Crippen LogP contribution in [0.3, 0.4) is 0 Å². The predicted molar refractivity (Wildman–Crippen MR) is 82.5 cm³/mol. The molecule has 0 aliphatic heterocycles. The second-order valence-electron chi connectivity index (χ2n) is 6.14. The van der Waals surface area contributed by atoms with E-state index in [0.717, 1.165) is 11.1 Å². The molecule has 0 bridgehead atoms. The second kappa shape index (κ2) is 5.63. The highest BCUT2D eigenvalue weighted by Crippen LogP contribution is 2.25. The normalized spacial score (nSPS) is 13.2. The first-order valence-electron chi connectivity index (χ1n) is 6.86. The first-order valence-corrected chi connectivity index (χ1v) is 6.86. The number of hydrogen-bond donors (Lipinski definition) is 2. The molecular formula is C17H22N2O. The molecule has 0 saturated carbocycles. The van der Waals surface area contributed by atoms with Gasteiger partial charge in [-0.2, -0.15) is 0 Å². The Labute approximate surface area is 120 Å². The van der Waals surface area contributed by atoms with Crippen molar-refractivity contribution < 1.29 is 5.11 Å². The van der Waals surface area contributed by atoms with Crippen molar-refractivity contribution in [2.75, 3.05) is 5.73 Å². The average molecular weight is 270 g/mol. The van der Waals surface area contributed by atoms with E-state index in [1.807, 2.05) is 24.3 Å². The van der Waals surface area contributed by atoms with Crippen LogP contribution < -0.4 is 5.73 Å². The number of nitrogens with zero attached hydrogens (tertiary/aromatic N) is 1. The number of nitrogens with two attached hydrogens (primary N) is 1. The Morgan fingerprint density at radius 2 is 1.80 bits per heavy atom. The lowest BCUT2D eigenvalue weighted by Gasteiger charge is -2.20. The van der Waals surface area contributed by atoms with Crippen molar-refractivity contribution in [1.29, 1.82) is 0 Å². The maximum atomic E-state index is 10.3. The van der Waals surface area contributed by atoms with E-state index in [2.05, 4.69) is 37.9 Å². The summed E-state index contributed by atoms with van der Waals surface area (Å²) in [5.74, 6) is 0.484. The third kappa shape index (κ3) is 3.36. The number of aliphatic hydroxyl groups is 1. The third-order valence-corrected chi connectivity index (χ3v) is 3.50. The summed E-state index contributed by atoms with van der Waals surface area (Å²) >= 11 is 0. The lowest BCUT2D eigenvalue weighted by atomic mass is 9.86. The number of aliphatic hydroxyl groups excluding tert-OH is 1. The van der Waals surface area contributed by atoms with Gasteiger partial charge in [-0.1, -0.05) is 51.1 Å². The number of aromatic nitrogens is 1. The molecule has 1 atom stereocenters. The molecule has 0 saturated heterocycles. The number of pyridine rings is 1. The van der Waals surface area contributed by atoms with Gasteiger partial charge in [0, 0.05) is 12.6 Å². The van der Waals surface area contributed by atoms with Crippen molar-refractivity contribution in [3.63, 3.8) is 0 Å². The van der Waals surface area contributed by atoms with E-state index in [1.165, 1.54) is 5.56 Å². The Kier molecular flexibility index (Phi) is 4.09. The molecule has 3 heteroatoms. The van der Waals surface area contributed by atoms with Gasteiger partial charge in [0.2, 0.25) is 0 Å². The van der Waals surface area contributed by atoms with Crippen LogP contribution in [0.2, 0.25) is 0 Å². The Morgan fingerprint density at radius 3 is 2.35 bits per heavy atom. The van der Waals surface area contributed by atoms with E-state index in [1.54, 1.807) is 6.20 Å². The van der Waals surface area contributed by atoms with Crippen molar-refractivity contribution in [2.24, 2.45) is 0 Å². The summed E-state index contributed by atoms with van der Waals surface area (Å²) in [6, 6.07) is 11.8. The van der Waals surface area contributed by atoms with E-state index in [9.17, 15) is 5.11 Å². The highest BCUT2D eigenvalue weighted by atomic mass is 16.3. The fourth-order valence-electron chi connectivity index (χ4n) is 2.15. The van der Waals surface area contributed by atoms with Gasteiger partial charge in [-0.25, -0.2) is 4.98 Å². The molecule has 0 spiro atoms. The molecule has 3 nitrogen and oxygen atoms in total. The Hall–Kier alpha value is -1.87. The molecule has 1 aromatic carbocycles. The molecule has 0 radical (unpaired) electrons. The Bertz CT molecular complexity index is 570. The third-order valence-electron chi connectivity index (χ3n) is 3.50. The van der Waals surface area contributed by atoms with E-state index < -0.39 is 6.10 Å². The monoisotopic (exact) mass is 270 g/mol. The van der Waals surface area contributed by atoms with Gasteiger partial charge in [0.25, 0.3) is 0 Å². The zero-order valence-electron chi connectivity index (χ0n) is 12.3. The zero-order valence-corrected chi connectivity index (χ0v) is 12.3. The molecule has 20 heavy (non-hydrogen) atoms. The molecule has 1 unspecified atom stereocenters. The van der Waals surface area contributed by atoms with Crippen LogP contribution in [0, 0.1) is 0 Å². The summed E-state index contributed by atoms with van der Waals surface area (Å²) in [7, 11) is 0. The van der Waals surface area contributed by atoms with Gasteiger partial charge in [-0.3, -0.25) is 0 Å². The van der Waals surface area contributed by atoms with Crippen LogP contribution in [0.25, 0.3) is 0 Å². The van der Waals surface area contributed by atoms with Gasteiger partial charge in [0.05, 0.1) is 6.10 Å². The SMILES string of the molecule is CC(C)(C)c1ccc(C(O)Cc2cccnc2N)cc1. The van der Waals surface area contributed by atoms with Crippen LogP contribution in [0.1, 0.15) is 43.6 Å². The summed E-state index contributed by atoms with van der Waals surface area (Å²) in [6.45, 7) is 6.53. The van der Waals surface area contributed by atoms with Gasteiger partial charge in [-0.05, 0) is 28.2 Å². The molecule has 0 amide bonds. The zero-order chi connectivity index (χ0) is 14.8. The average Bonchev–Trinajstić information content (AvgIpc) is 2.40. The lowest BCUT2D eigenvalue weighted by molar-refractivity contribution is 0.178. The van der Waals surface area contributed by atoms with Gasteiger partial charge >= 0.3 is 0 Å². The smallest absolute Gasteiger partial charge is 0.126 e. The molecule has 0 aliphatic carbocycles. The summed E-state index contributed by atoms with van der Waals surface area (Å²) in [5, 5.41) is 10.3. The number of rotatable bonds is 3. The number of benzene rings is 1. The predicted octanol–water partition coefficient (Wildman–Crippen LogP) is 3.24. The van der Waals surface area contributed by atoms with E-state index in [0.29, 0.717) is 12.2 Å². The first kappa shape index (κ1) is 14.5. The van der Waals surface area contributed by atoms with Crippen LogP contribution in [-0.4, -0.2) is 10.1 Å². The topological polar surface area (TPSA) is 59.1 Å². The second-order valence-corrected chi connectivity index (χ2v) is 6.14. The van der Waals surface area contributed by atoms with Crippen LogP contribution in [0.15, 0.2) is 42.6 Å². The number of nitrogen functional groups attached to an aromatic ring is 1. The fraction of sp³-hybridized carbons (Fsp3) is 0.353. The number of anilines is 1. The molecular weight excluding hydrogens is 248 g/mol. The van der Waals surface area contributed by atoms with Crippen molar-refractivity contribution >= 4 is 5.82 Å². The van der Waals surface area contributed by atoms with Crippen molar-refractivity contribution in [3.8, 4) is 0 Å². The van der Waals surface area contributed by atoms with Gasteiger partial charge in [0.1, 0.15) is 5.82 Å². The molecule has 3 N–H and O–H groups in total. The van der Waals surface area contributed by atoms with Gasteiger partial charge in [-0.15, -0.1) is 0 Å². The molecule has 2 aromatic rings. The maximum Gasteiger partial charge on any atom is 0.126 e. The number of hydrogen-bond acceptors (Lipinski definition) is 3. The van der Waals surface area contributed by atoms with Crippen molar-refractivity contribution in [3.05, 3.63) is 59.3 Å². The largest absolute Gasteiger partial charge is 0.388 e. The quantitative estimate of drug-likeness (QED) is 0.900. The summed E-state index contributed by atoms with van der Waals surface area (Å²) < 4.78 is 0. The van der Waals surface area contributed by atoms with Crippen molar-refractivity contribution in [2.45, 2.75) is 38.7 Å². The standard InChI is InChI=1S/C17H22N2O/c1-17(2,3)14-8-6-12(7-9-14)15(20)11-13-5-4-10-19-16(13)18/h4-10,15,20H,11H2,1-3H3,(H2,18,19). The Balaban J connectivity index is 2.14. The molecule has 0 aliphatic rings. The van der Waals surface area contributed by atoms with Crippen molar-refractivity contribution in [1.82, 2.24) is 4.98 Å². The highest BCUT2D eigenvalue weighted by Gasteiger charge is 2.15. The van der Waals surface area contributed by atoms with Crippen LogP contribution >= 0.6 is 0 Å². The van der Waals surface area contributed by atoms with Crippen LogP contribution in [0.5, 0.6) is 0 Å². The summed E-state index contributed by atoms with van der Waals surface area (Å²) in [6.07, 6.45) is 1.58. The first-order chi connectivity index (χ1) is 9.38.